The highest BCUT2D eigenvalue weighted by molar-refractivity contribution is 9.10. The number of hydrogen-bond donors (Lipinski definition) is 0. The standard InChI is InChI=1S/C13H12BrNO4S/c1-15(8-10-3-2-4-11(14)7-10)20(17,18)13-6-5-12(9-16)19-13/h2-7,9H,8H2,1H3. The maximum absolute atomic E-state index is 12.3. The highest BCUT2D eigenvalue weighted by Gasteiger charge is 2.24. The molecule has 1 heterocycles. The molecule has 0 atom stereocenters. The van der Waals surface area contributed by atoms with Crippen molar-refractivity contribution < 1.29 is 17.6 Å². The van der Waals surface area contributed by atoms with Gasteiger partial charge in [-0.3, -0.25) is 4.79 Å². The lowest BCUT2D eigenvalue weighted by atomic mass is 10.2. The molecule has 0 saturated carbocycles. The Labute approximate surface area is 125 Å². The van der Waals surface area contributed by atoms with Crippen LogP contribution in [-0.4, -0.2) is 26.1 Å². The molecular formula is C13H12BrNO4S. The van der Waals surface area contributed by atoms with E-state index in [0.717, 1.165) is 10.0 Å². The number of carbonyl (C=O) groups excluding carboxylic acids is 1. The van der Waals surface area contributed by atoms with Crippen LogP contribution >= 0.6 is 15.9 Å². The van der Waals surface area contributed by atoms with Gasteiger partial charge >= 0.3 is 0 Å². The fraction of sp³-hybridized carbons (Fsp3) is 0.154. The predicted molar refractivity (Wildman–Crippen MR) is 76.9 cm³/mol. The van der Waals surface area contributed by atoms with E-state index in [-0.39, 0.29) is 17.4 Å². The SMILES string of the molecule is CN(Cc1cccc(Br)c1)S(=O)(=O)c1ccc(C=O)o1. The number of nitrogens with zero attached hydrogens (tertiary/aromatic N) is 1. The summed E-state index contributed by atoms with van der Waals surface area (Å²) in [6.07, 6.45) is 0.466. The van der Waals surface area contributed by atoms with Crippen molar-refractivity contribution in [1.82, 2.24) is 4.31 Å². The first-order valence-electron chi connectivity index (χ1n) is 5.69. The van der Waals surface area contributed by atoms with E-state index >= 15 is 0 Å². The first-order valence-corrected chi connectivity index (χ1v) is 7.92. The molecule has 0 spiro atoms. The number of carbonyl (C=O) groups is 1. The Morgan fingerprint density at radius 3 is 2.65 bits per heavy atom. The number of hydrogen-bond acceptors (Lipinski definition) is 4. The first kappa shape index (κ1) is 15.0. The van der Waals surface area contributed by atoms with Crippen LogP contribution in [0, 0.1) is 0 Å². The number of sulfonamides is 1. The molecular weight excluding hydrogens is 346 g/mol. The molecule has 2 rings (SSSR count). The molecule has 1 aromatic carbocycles. The predicted octanol–water partition coefficient (Wildman–Crippen LogP) is 2.68. The second kappa shape index (κ2) is 5.90. The lowest BCUT2D eigenvalue weighted by Gasteiger charge is -2.15. The minimum atomic E-state index is -3.75. The van der Waals surface area contributed by atoms with Gasteiger partial charge in [-0.05, 0) is 29.8 Å². The van der Waals surface area contributed by atoms with Crippen LogP contribution in [0.3, 0.4) is 0 Å². The van der Waals surface area contributed by atoms with Crippen LogP contribution in [0.5, 0.6) is 0 Å². The monoisotopic (exact) mass is 357 g/mol. The van der Waals surface area contributed by atoms with Crippen LogP contribution in [0.4, 0.5) is 0 Å². The van der Waals surface area contributed by atoms with E-state index in [9.17, 15) is 13.2 Å². The van der Waals surface area contributed by atoms with Gasteiger partial charge < -0.3 is 4.42 Å². The highest BCUT2D eigenvalue weighted by atomic mass is 79.9. The van der Waals surface area contributed by atoms with Gasteiger partial charge in [0.2, 0.25) is 5.09 Å². The largest absolute Gasteiger partial charge is 0.440 e. The lowest BCUT2D eigenvalue weighted by Crippen LogP contribution is -2.26. The maximum Gasteiger partial charge on any atom is 0.276 e. The molecule has 20 heavy (non-hydrogen) atoms. The third-order valence-corrected chi connectivity index (χ3v) is 4.85. The molecule has 0 N–H and O–H groups in total. The number of furan rings is 1. The van der Waals surface area contributed by atoms with Gasteiger partial charge in [-0.2, -0.15) is 4.31 Å². The smallest absolute Gasteiger partial charge is 0.276 e. The zero-order valence-electron chi connectivity index (χ0n) is 10.6. The molecule has 0 saturated heterocycles. The summed E-state index contributed by atoms with van der Waals surface area (Å²) in [7, 11) is -2.29. The lowest BCUT2D eigenvalue weighted by molar-refractivity contribution is 0.109. The van der Waals surface area contributed by atoms with E-state index < -0.39 is 10.0 Å². The highest BCUT2D eigenvalue weighted by Crippen LogP contribution is 2.20. The Bertz CT molecular complexity index is 723. The zero-order chi connectivity index (χ0) is 14.8. The van der Waals surface area contributed by atoms with Gasteiger partial charge in [0.15, 0.2) is 12.0 Å². The topological polar surface area (TPSA) is 67.6 Å². The van der Waals surface area contributed by atoms with Crippen molar-refractivity contribution >= 4 is 32.2 Å². The van der Waals surface area contributed by atoms with Crippen LogP contribution in [0.2, 0.25) is 0 Å². The molecule has 0 radical (unpaired) electrons. The molecule has 0 amide bonds. The average Bonchev–Trinajstić information content (AvgIpc) is 2.88. The van der Waals surface area contributed by atoms with Crippen LogP contribution in [0.25, 0.3) is 0 Å². The number of aldehydes is 1. The van der Waals surface area contributed by atoms with Crippen LogP contribution < -0.4 is 0 Å². The molecule has 0 bridgehead atoms. The Morgan fingerprint density at radius 2 is 2.05 bits per heavy atom. The summed E-state index contributed by atoms with van der Waals surface area (Å²) in [5, 5.41) is -0.239. The van der Waals surface area contributed by atoms with Gasteiger partial charge in [0, 0.05) is 18.1 Å². The zero-order valence-corrected chi connectivity index (χ0v) is 13.0. The van der Waals surface area contributed by atoms with E-state index in [1.165, 1.54) is 23.5 Å². The van der Waals surface area contributed by atoms with E-state index in [2.05, 4.69) is 15.9 Å². The number of benzene rings is 1. The maximum atomic E-state index is 12.3. The van der Waals surface area contributed by atoms with Gasteiger partial charge in [0.05, 0.1) is 0 Å². The van der Waals surface area contributed by atoms with Crippen molar-refractivity contribution in [2.24, 2.45) is 0 Å². The summed E-state index contributed by atoms with van der Waals surface area (Å²) in [6.45, 7) is 0.207. The van der Waals surface area contributed by atoms with Gasteiger partial charge in [0.1, 0.15) is 0 Å². The van der Waals surface area contributed by atoms with Crippen molar-refractivity contribution in [2.75, 3.05) is 7.05 Å². The summed E-state index contributed by atoms with van der Waals surface area (Å²) in [5.41, 5.74) is 0.840. The van der Waals surface area contributed by atoms with Gasteiger partial charge in [-0.15, -0.1) is 0 Å². The Balaban J connectivity index is 2.23. The number of rotatable bonds is 5. The Hall–Kier alpha value is -1.44. The molecule has 0 aliphatic carbocycles. The van der Waals surface area contributed by atoms with Crippen molar-refractivity contribution in [3.8, 4) is 0 Å². The summed E-state index contributed by atoms with van der Waals surface area (Å²) >= 11 is 3.33. The van der Waals surface area contributed by atoms with E-state index in [0.29, 0.717) is 6.29 Å². The summed E-state index contributed by atoms with van der Waals surface area (Å²) in [6, 6.07) is 9.96. The summed E-state index contributed by atoms with van der Waals surface area (Å²) < 4.78 is 31.5. The van der Waals surface area contributed by atoms with E-state index in [4.69, 9.17) is 4.42 Å². The third-order valence-electron chi connectivity index (χ3n) is 2.68. The van der Waals surface area contributed by atoms with Crippen LogP contribution in [-0.2, 0) is 16.6 Å². The van der Waals surface area contributed by atoms with Gasteiger partial charge in [0.25, 0.3) is 10.0 Å². The van der Waals surface area contributed by atoms with Crippen molar-refractivity contribution in [1.29, 1.82) is 0 Å². The average molecular weight is 358 g/mol. The minimum absolute atomic E-state index is 0.0144. The molecule has 0 fully saturated rings. The normalized spacial score (nSPS) is 11.8. The second-order valence-electron chi connectivity index (χ2n) is 4.17. The molecule has 0 aliphatic heterocycles. The van der Waals surface area contributed by atoms with Crippen molar-refractivity contribution in [3.63, 3.8) is 0 Å². The molecule has 7 heteroatoms. The Kier molecular flexibility index (Phi) is 4.42. The molecule has 1 aromatic heterocycles. The van der Waals surface area contributed by atoms with E-state index in [1.54, 1.807) is 0 Å². The first-order chi connectivity index (χ1) is 9.43. The molecule has 0 unspecified atom stereocenters. The molecule has 0 aliphatic rings. The molecule has 2 aromatic rings. The fourth-order valence-electron chi connectivity index (χ4n) is 1.67. The Morgan fingerprint density at radius 1 is 1.30 bits per heavy atom. The van der Waals surface area contributed by atoms with Gasteiger partial charge in [-0.1, -0.05) is 28.1 Å². The number of halogens is 1. The van der Waals surface area contributed by atoms with Crippen LogP contribution in [0.1, 0.15) is 16.1 Å². The molecule has 106 valence electrons. The quantitative estimate of drug-likeness (QED) is 0.771. The fourth-order valence-corrected chi connectivity index (χ4v) is 3.18. The summed E-state index contributed by atoms with van der Waals surface area (Å²) in [5.74, 6) is -0.0144. The van der Waals surface area contributed by atoms with Crippen LogP contribution in [0.15, 0.2) is 50.4 Å². The van der Waals surface area contributed by atoms with Gasteiger partial charge in [-0.25, -0.2) is 8.42 Å². The summed E-state index contributed by atoms with van der Waals surface area (Å²) in [4.78, 5) is 10.5. The minimum Gasteiger partial charge on any atom is -0.440 e. The molecule has 5 nitrogen and oxygen atoms in total. The third kappa shape index (κ3) is 3.17. The van der Waals surface area contributed by atoms with Crippen molar-refractivity contribution in [2.45, 2.75) is 11.6 Å². The van der Waals surface area contributed by atoms with Crippen molar-refractivity contribution in [3.05, 3.63) is 52.2 Å². The van der Waals surface area contributed by atoms with E-state index in [1.807, 2.05) is 24.3 Å². The second-order valence-corrected chi connectivity index (χ2v) is 7.06.